The molecule has 0 fully saturated rings. The van der Waals surface area contributed by atoms with Crippen molar-refractivity contribution in [1.29, 1.82) is 0 Å². The number of benzene rings is 9. The molecule has 0 aliphatic heterocycles. The normalized spacial score (nSPS) is 12.1. The molecule has 0 saturated heterocycles. The first-order chi connectivity index (χ1) is 28.8. The molecule has 4 heterocycles. The van der Waals surface area contributed by atoms with E-state index in [-0.39, 0.29) is 0 Å². The summed E-state index contributed by atoms with van der Waals surface area (Å²) in [6.45, 7) is 0. The Morgan fingerprint density at radius 1 is 0.293 bits per heavy atom. The van der Waals surface area contributed by atoms with Crippen molar-refractivity contribution < 1.29 is 4.42 Å². The molecule has 0 radical (unpaired) electrons. The summed E-state index contributed by atoms with van der Waals surface area (Å²) in [5, 5.41) is 9.64. The van der Waals surface area contributed by atoms with Gasteiger partial charge in [0.05, 0.1) is 44.2 Å². The molecular weight excluding hydrogens is 707 g/mol. The monoisotopic (exact) mass is 739 g/mol. The van der Waals surface area contributed by atoms with Crippen molar-refractivity contribution >= 4 is 87.4 Å². The Morgan fingerprint density at radius 2 is 0.828 bits per heavy atom. The van der Waals surface area contributed by atoms with Gasteiger partial charge in [-0.1, -0.05) is 115 Å². The predicted molar refractivity (Wildman–Crippen MR) is 242 cm³/mol. The molecule has 58 heavy (non-hydrogen) atoms. The van der Waals surface area contributed by atoms with Crippen LogP contribution in [0.25, 0.3) is 116 Å². The zero-order valence-electron chi connectivity index (χ0n) is 31.3. The molecule has 4 aromatic heterocycles. The van der Waals surface area contributed by atoms with Gasteiger partial charge in [0.2, 0.25) is 0 Å². The van der Waals surface area contributed by atoms with Crippen LogP contribution in [0.5, 0.6) is 0 Å². The van der Waals surface area contributed by atoms with Gasteiger partial charge in [0.15, 0.2) is 0 Å². The van der Waals surface area contributed by atoms with Gasteiger partial charge in [0.25, 0.3) is 0 Å². The van der Waals surface area contributed by atoms with Crippen molar-refractivity contribution in [3.63, 3.8) is 0 Å². The number of rotatable bonds is 4. The average Bonchev–Trinajstić information content (AvgIpc) is 4.03. The molecule has 9 aromatic carbocycles. The van der Waals surface area contributed by atoms with Crippen LogP contribution in [0.1, 0.15) is 0 Å². The number of hydrogen-bond donors (Lipinski definition) is 0. The van der Waals surface area contributed by atoms with Gasteiger partial charge < -0.3 is 18.1 Å². The summed E-state index contributed by atoms with van der Waals surface area (Å²) in [5.41, 5.74) is 14.6. The van der Waals surface area contributed by atoms with Crippen LogP contribution in [0, 0.1) is 0 Å². The smallest absolute Gasteiger partial charge is 0.137 e. The van der Waals surface area contributed by atoms with Crippen LogP contribution in [0.15, 0.2) is 205 Å². The maximum atomic E-state index is 6.60. The van der Waals surface area contributed by atoms with Crippen molar-refractivity contribution in [2.75, 3.05) is 0 Å². The molecule has 13 rings (SSSR count). The van der Waals surface area contributed by atoms with Gasteiger partial charge >= 0.3 is 0 Å². The fourth-order valence-corrected chi connectivity index (χ4v) is 9.80. The van der Waals surface area contributed by atoms with E-state index in [2.05, 4.69) is 214 Å². The predicted octanol–water partition coefficient (Wildman–Crippen LogP) is 14.5. The molecule has 0 atom stereocenters. The first kappa shape index (κ1) is 31.4. The topological polar surface area (TPSA) is 27.9 Å². The fourth-order valence-electron chi connectivity index (χ4n) is 9.80. The van der Waals surface area contributed by atoms with Crippen LogP contribution in [0.4, 0.5) is 0 Å². The van der Waals surface area contributed by atoms with E-state index in [1.54, 1.807) is 0 Å². The average molecular weight is 740 g/mol. The zero-order valence-corrected chi connectivity index (χ0v) is 31.3. The number of aromatic nitrogens is 3. The number of furan rings is 1. The molecule has 0 aliphatic rings. The van der Waals surface area contributed by atoms with E-state index in [1.807, 2.05) is 0 Å². The Balaban J connectivity index is 1.10. The summed E-state index contributed by atoms with van der Waals surface area (Å²) in [4.78, 5) is 0. The SMILES string of the molecule is c1ccc(-n2c3ccc(-c4ccc5oc6cccc(-n7c8ccccc8c8ccccc87)c6c5c4)cc3c3c2ccc2c4ccccc4n(-c4ccccc4)c23)cc1. The minimum atomic E-state index is 0.878. The minimum absolute atomic E-state index is 0.878. The highest BCUT2D eigenvalue weighted by atomic mass is 16.3. The molecule has 0 spiro atoms. The van der Waals surface area contributed by atoms with Crippen LogP contribution >= 0.6 is 0 Å². The number of nitrogens with zero attached hydrogens (tertiary/aromatic N) is 3. The molecule has 0 bridgehead atoms. The third-order valence-corrected chi connectivity index (χ3v) is 12.2. The van der Waals surface area contributed by atoms with E-state index >= 15 is 0 Å². The lowest BCUT2D eigenvalue weighted by Gasteiger charge is -2.10. The lowest BCUT2D eigenvalue weighted by atomic mass is 9.99. The van der Waals surface area contributed by atoms with Gasteiger partial charge in [0.1, 0.15) is 11.2 Å². The van der Waals surface area contributed by atoms with Crippen LogP contribution < -0.4 is 0 Å². The second-order valence-corrected chi connectivity index (χ2v) is 15.3. The molecule has 0 aliphatic carbocycles. The van der Waals surface area contributed by atoms with E-state index < -0.39 is 0 Å². The Kier molecular flexibility index (Phi) is 6.41. The van der Waals surface area contributed by atoms with E-state index in [4.69, 9.17) is 4.42 Å². The zero-order chi connectivity index (χ0) is 37.9. The molecule has 0 N–H and O–H groups in total. The third-order valence-electron chi connectivity index (χ3n) is 12.2. The van der Waals surface area contributed by atoms with E-state index in [0.29, 0.717) is 0 Å². The van der Waals surface area contributed by atoms with Crippen molar-refractivity contribution in [3.8, 4) is 28.2 Å². The van der Waals surface area contributed by atoms with Crippen LogP contribution in [-0.4, -0.2) is 13.7 Å². The fraction of sp³-hybridized carbons (Fsp3) is 0. The molecule has 0 unspecified atom stereocenters. The van der Waals surface area contributed by atoms with Crippen LogP contribution in [0.3, 0.4) is 0 Å². The maximum Gasteiger partial charge on any atom is 0.137 e. The molecule has 0 saturated carbocycles. The quantitative estimate of drug-likeness (QED) is 0.177. The summed E-state index contributed by atoms with van der Waals surface area (Å²) in [6, 6.07) is 72.4. The second kappa shape index (κ2) is 11.8. The molecule has 4 heteroatoms. The van der Waals surface area contributed by atoms with Crippen molar-refractivity contribution in [2.45, 2.75) is 0 Å². The highest BCUT2D eigenvalue weighted by molar-refractivity contribution is 6.26. The molecule has 4 nitrogen and oxygen atoms in total. The van der Waals surface area contributed by atoms with Crippen LogP contribution in [-0.2, 0) is 0 Å². The number of hydrogen-bond acceptors (Lipinski definition) is 1. The van der Waals surface area contributed by atoms with Crippen molar-refractivity contribution in [2.24, 2.45) is 0 Å². The lowest BCUT2D eigenvalue weighted by molar-refractivity contribution is 0.669. The van der Waals surface area contributed by atoms with Gasteiger partial charge in [-0.05, 0) is 96.1 Å². The molecule has 0 amide bonds. The Bertz CT molecular complexity index is 3730. The van der Waals surface area contributed by atoms with E-state index in [1.165, 1.54) is 65.4 Å². The first-order valence-corrected chi connectivity index (χ1v) is 19.9. The number of fused-ring (bicyclic) bond motifs is 13. The van der Waals surface area contributed by atoms with Crippen molar-refractivity contribution in [3.05, 3.63) is 200 Å². The van der Waals surface area contributed by atoms with Crippen LogP contribution in [0.2, 0.25) is 0 Å². The van der Waals surface area contributed by atoms with E-state index in [0.717, 1.165) is 50.1 Å². The lowest BCUT2D eigenvalue weighted by Crippen LogP contribution is -1.95. The van der Waals surface area contributed by atoms with Gasteiger partial charge in [-0.25, -0.2) is 0 Å². The van der Waals surface area contributed by atoms with E-state index in [9.17, 15) is 0 Å². The molecular formula is C54H33N3O. The van der Waals surface area contributed by atoms with Gasteiger partial charge in [0, 0.05) is 49.1 Å². The summed E-state index contributed by atoms with van der Waals surface area (Å²) in [7, 11) is 0. The highest BCUT2D eigenvalue weighted by Crippen LogP contribution is 2.44. The van der Waals surface area contributed by atoms with Gasteiger partial charge in [-0.15, -0.1) is 0 Å². The summed E-state index contributed by atoms with van der Waals surface area (Å²) in [5.74, 6) is 0. The van der Waals surface area contributed by atoms with Crippen molar-refractivity contribution in [1.82, 2.24) is 13.7 Å². The third kappa shape index (κ3) is 4.29. The Morgan fingerprint density at radius 3 is 1.52 bits per heavy atom. The largest absolute Gasteiger partial charge is 0.456 e. The summed E-state index contributed by atoms with van der Waals surface area (Å²) in [6.07, 6.45) is 0. The number of para-hydroxylation sites is 5. The molecule has 13 aromatic rings. The molecule has 270 valence electrons. The summed E-state index contributed by atoms with van der Waals surface area (Å²) < 4.78 is 13.9. The van der Waals surface area contributed by atoms with Gasteiger partial charge in [-0.3, -0.25) is 0 Å². The second-order valence-electron chi connectivity index (χ2n) is 15.3. The first-order valence-electron chi connectivity index (χ1n) is 19.9. The highest BCUT2D eigenvalue weighted by Gasteiger charge is 2.22. The standard InChI is InChI=1S/C54H33N3O/c1-3-14-36(15-4-1)55-47-29-26-34(32-42(47)53-49(55)30-28-41-40-20-9-10-21-44(40)56(54(41)53)37-16-5-2-6-17-37)35-27-31-50-43(33-35)52-48(24-13-25-51(52)58-50)57-45-22-11-7-18-38(45)39-19-8-12-23-46(39)57/h1-33H. The maximum absolute atomic E-state index is 6.60. The Labute approximate surface area is 332 Å². The summed E-state index contributed by atoms with van der Waals surface area (Å²) >= 11 is 0. The van der Waals surface area contributed by atoms with Gasteiger partial charge in [-0.2, -0.15) is 0 Å². The minimum Gasteiger partial charge on any atom is -0.456 e. The Hall–Kier alpha value is -7.82.